The maximum atomic E-state index is 10.7. The third-order valence-corrected chi connectivity index (χ3v) is 1.27. The molecule has 1 aromatic rings. The Bertz CT molecular complexity index is 251. The smallest absolute Gasteiger partial charge is 0.159 e. The van der Waals surface area contributed by atoms with Crippen LogP contribution < -0.4 is 0 Å². The fourth-order valence-electron chi connectivity index (χ4n) is 0.696. The van der Waals surface area contributed by atoms with Crippen molar-refractivity contribution in [1.29, 1.82) is 0 Å². The summed E-state index contributed by atoms with van der Waals surface area (Å²) >= 11 is 0. The van der Waals surface area contributed by atoms with Gasteiger partial charge < -0.3 is 9.90 Å². The molecule has 12 heavy (non-hydrogen) atoms. The highest BCUT2D eigenvalue weighted by atomic mass is 16.3. The van der Waals surface area contributed by atoms with Crippen molar-refractivity contribution in [3.8, 4) is 5.75 Å². The van der Waals surface area contributed by atoms with Gasteiger partial charge in [-0.25, -0.2) is 0 Å². The molecule has 64 valence electrons. The second-order valence-electron chi connectivity index (χ2n) is 2.10. The van der Waals surface area contributed by atoms with Crippen LogP contribution in [0.3, 0.4) is 0 Å². The Morgan fingerprint density at radius 3 is 2.00 bits per heavy atom. The molecule has 0 spiro atoms. The summed E-state index contributed by atoms with van der Waals surface area (Å²) in [5.74, 6) is 0.199. The van der Waals surface area contributed by atoms with E-state index in [1.54, 1.807) is 12.1 Å². The number of phenols is 1. The monoisotopic (exact) mass is 166 g/mol. The van der Waals surface area contributed by atoms with E-state index >= 15 is 0 Å². The Labute approximate surface area is 70.6 Å². The summed E-state index contributed by atoms with van der Waals surface area (Å²) in [6.45, 7) is 3.49. The van der Waals surface area contributed by atoms with Crippen LogP contribution in [0.2, 0.25) is 0 Å². The van der Waals surface area contributed by atoms with Crippen LogP contribution >= 0.6 is 0 Å². The number of aromatic hydroxyl groups is 1. The zero-order valence-corrected chi connectivity index (χ0v) is 6.78. The summed E-state index contributed by atoms with van der Waals surface area (Å²) in [6.07, 6.45) is 0. The molecule has 0 amide bonds. The number of carbonyl (C=O) groups excluding carboxylic acids is 2. The zero-order chi connectivity index (χ0) is 9.56. The highest BCUT2D eigenvalue weighted by molar-refractivity contribution is 5.94. The summed E-state index contributed by atoms with van der Waals surface area (Å²) in [6, 6.07) is 6.18. The second kappa shape index (κ2) is 5.07. The fourth-order valence-corrected chi connectivity index (χ4v) is 0.696. The van der Waals surface area contributed by atoms with Crippen LogP contribution in [0.15, 0.2) is 24.3 Å². The largest absolute Gasteiger partial charge is 0.508 e. The van der Waals surface area contributed by atoms with E-state index in [0.29, 0.717) is 5.56 Å². The van der Waals surface area contributed by atoms with Crippen molar-refractivity contribution in [3.63, 3.8) is 0 Å². The van der Waals surface area contributed by atoms with Crippen LogP contribution in [-0.2, 0) is 4.79 Å². The van der Waals surface area contributed by atoms with Gasteiger partial charge in [-0.2, -0.15) is 0 Å². The summed E-state index contributed by atoms with van der Waals surface area (Å²) in [4.78, 5) is 18.7. The third kappa shape index (κ3) is 2.96. The van der Waals surface area contributed by atoms with Gasteiger partial charge in [0, 0.05) is 5.56 Å². The molecule has 1 aromatic carbocycles. The molecule has 0 radical (unpaired) electrons. The number of hydrogen-bond acceptors (Lipinski definition) is 3. The van der Waals surface area contributed by atoms with E-state index in [0.717, 1.165) is 0 Å². The molecule has 3 heteroatoms. The summed E-state index contributed by atoms with van der Waals surface area (Å²) in [5.41, 5.74) is 0.623. The first-order chi connectivity index (χ1) is 5.70. The molecule has 0 aliphatic heterocycles. The molecule has 0 heterocycles. The lowest BCUT2D eigenvalue weighted by atomic mass is 10.1. The van der Waals surface area contributed by atoms with Crippen molar-refractivity contribution in [1.82, 2.24) is 0 Å². The minimum atomic E-state index is 0.0139. The third-order valence-electron chi connectivity index (χ3n) is 1.27. The molecule has 0 saturated heterocycles. The van der Waals surface area contributed by atoms with Gasteiger partial charge >= 0.3 is 0 Å². The average molecular weight is 166 g/mol. The van der Waals surface area contributed by atoms with Gasteiger partial charge in [0.1, 0.15) is 12.5 Å². The Hall–Kier alpha value is -1.64. The SMILES string of the molecule is C=O.CC(=O)c1ccc(O)cc1. The van der Waals surface area contributed by atoms with E-state index < -0.39 is 0 Å². The molecule has 0 atom stereocenters. The van der Waals surface area contributed by atoms with E-state index in [1.165, 1.54) is 19.1 Å². The van der Waals surface area contributed by atoms with Gasteiger partial charge in [-0.05, 0) is 31.2 Å². The predicted octanol–water partition coefficient (Wildman–Crippen LogP) is 1.41. The van der Waals surface area contributed by atoms with Gasteiger partial charge in [0.2, 0.25) is 0 Å². The van der Waals surface area contributed by atoms with Crippen molar-refractivity contribution in [3.05, 3.63) is 29.8 Å². The molecule has 3 nitrogen and oxygen atoms in total. The first-order valence-electron chi connectivity index (χ1n) is 3.29. The van der Waals surface area contributed by atoms with Gasteiger partial charge in [-0.15, -0.1) is 0 Å². The minimum absolute atomic E-state index is 0.0139. The van der Waals surface area contributed by atoms with Gasteiger partial charge in [-0.1, -0.05) is 0 Å². The lowest BCUT2D eigenvalue weighted by molar-refractivity contribution is -0.0979. The van der Waals surface area contributed by atoms with Crippen LogP contribution in [-0.4, -0.2) is 17.7 Å². The minimum Gasteiger partial charge on any atom is -0.508 e. The maximum absolute atomic E-state index is 10.7. The Morgan fingerprint density at radius 2 is 1.67 bits per heavy atom. The Morgan fingerprint density at radius 1 is 1.25 bits per heavy atom. The first-order valence-corrected chi connectivity index (χ1v) is 3.29. The number of phenolic OH excluding ortho intramolecular Hbond substituents is 1. The summed E-state index contributed by atoms with van der Waals surface area (Å²) in [7, 11) is 0. The molecule has 0 aromatic heterocycles. The molecule has 1 rings (SSSR count). The Kier molecular flexibility index (Phi) is 4.38. The number of benzene rings is 1. The number of hydrogen-bond donors (Lipinski definition) is 1. The second-order valence-corrected chi connectivity index (χ2v) is 2.10. The van der Waals surface area contributed by atoms with Crippen LogP contribution in [0.1, 0.15) is 17.3 Å². The van der Waals surface area contributed by atoms with Crippen molar-refractivity contribution < 1.29 is 14.7 Å². The highest BCUT2D eigenvalue weighted by Gasteiger charge is 1.96. The molecule has 0 aliphatic carbocycles. The number of rotatable bonds is 1. The van der Waals surface area contributed by atoms with Crippen LogP contribution in [0.25, 0.3) is 0 Å². The van der Waals surface area contributed by atoms with Gasteiger partial charge in [-0.3, -0.25) is 4.79 Å². The number of carbonyl (C=O) groups is 2. The summed E-state index contributed by atoms with van der Waals surface area (Å²) < 4.78 is 0. The molecule has 0 saturated carbocycles. The van der Waals surface area contributed by atoms with Crippen LogP contribution in [0, 0.1) is 0 Å². The van der Waals surface area contributed by atoms with Crippen molar-refractivity contribution in [2.45, 2.75) is 6.92 Å². The molecular weight excluding hydrogens is 156 g/mol. The number of ketones is 1. The molecule has 0 bridgehead atoms. The van der Waals surface area contributed by atoms with E-state index in [-0.39, 0.29) is 11.5 Å². The van der Waals surface area contributed by atoms with Crippen molar-refractivity contribution >= 4 is 12.6 Å². The van der Waals surface area contributed by atoms with Gasteiger partial charge in [0.25, 0.3) is 0 Å². The fraction of sp³-hybridized carbons (Fsp3) is 0.111. The van der Waals surface area contributed by atoms with Crippen LogP contribution in [0.5, 0.6) is 5.75 Å². The molecule has 0 unspecified atom stereocenters. The molecule has 0 fully saturated rings. The zero-order valence-electron chi connectivity index (χ0n) is 6.78. The topological polar surface area (TPSA) is 54.4 Å². The first kappa shape index (κ1) is 10.4. The van der Waals surface area contributed by atoms with E-state index in [2.05, 4.69) is 0 Å². The molecule has 0 aliphatic rings. The molecular formula is C9H10O3. The highest BCUT2D eigenvalue weighted by Crippen LogP contribution is 2.09. The number of Topliss-reactive ketones (excluding diaryl/α,β-unsaturated/α-hetero) is 1. The standard InChI is InChI=1S/C8H8O2.CH2O/c1-6(9)7-2-4-8(10)5-3-7;1-2/h2-5,10H,1H3;1H2. The van der Waals surface area contributed by atoms with Crippen molar-refractivity contribution in [2.75, 3.05) is 0 Å². The van der Waals surface area contributed by atoms with Gasteiger partial charge in [0.15, 0.2) is 5.78 Å². The lowest BCUT2D eigenvalue weighted by Crippen LogP contribution is -1.89. The quantitative estimate of drug-likeness (QED) is 0.642. The van der Waals surface area contributed by atoms with E-state index in [4.69, 9.17) is 9.90 Å². The van der Waals surface area contributed by atoms with E-state index in [1.807, 2.05) is 6.79 Å². The Balaban J connectivity index is 0.000000561. The predicted molar refractivity (Wildman–Crippen MR) is 45.2 cm³/mol. The van der Waals surface area contributed by atoms with Crippen molar-refractivity contribution in [2.24, 2.45) is 0 Å². The van der Waals surface area contributed by atoms with Gasteiger partial charge in [0.05, 0.1) is 0 Å². The van der Waals surface area contributed by atoms with Crippen LogP contribution in [0.4, 0.5) is 0 Å². The average Bonchev–Trinajstić information content (AvgIpc) is 2.09. The van der Waals surface area contributed by atoms with E-state index in [9.17, 15) is 4.79 Å². The molecule has 1 N–H and O–H groups in total. The summed E-state index contributed by atoms with van der Waals surface area (Å²) in [5, 5.41) is 8.83. The normalized spacial score (nSPS) is 8.08. The maximum Gasteiger partial charge on any atom is 0.159 e. The lowest BCUT2D eigenvalue weighted by Gasteiger charge is -1.93.